The third-order valence-corrected chi connectivity index (χ3v) is 7.37. The fourth-order valence-corrected chi connectivity index (χ4v) is 5.13. The van der Waals surface area contributed by atoms with Gasteiger partial charge in [0.25, 0.3) is 11.6 Å². The van der Waals surface area contributed by atoms with Crippen molar-refractivity contribution < 1.29 is 14.5 Å². The summed E-state index contributed by atoms with van der Waals surface area (Å²) in [6.45, 7) is 6.81. The minimum absolute atomic E-state index is 0.0347. The van der Waals surface area contributed by atoms with Crippen molar-refractivity contribution in [2.45, 2.75) is 57.0 Å². The molecule has 0 bridgehead atoms. The molecule has 2 atom stereocenters. The lowest BCUT2D eigenvalue weighted by Crippen LogP contribution is -2.55. The zero-order chi connectivity index (χ0) is 21.2. The lowest BCUT2D eigenvalue weighted by atomic mass is 10.0. The second kappa shape index (κ2) is 8.71. The van der Waals surface area contributed by atoms with Gasteiger partial charge in [0.15, 0.2) is 0 Å². The molecule has 0 aromatic heterocycles. The molecule has 8 nitrogen and oxygen atoms in total. The molecule has 3 rings (SSSR count). The number of rotatable bonds is 5. The average Bonchev–Trinajstić information content (AvgIpc) is 3.12. The molecule has 0 saturated carbocycles. The van der Waals surface area contributed by atoms with E-state index in [1.165, 1.54) is 6.07 Å². The Morgan fingerprint density at radius 1 is 1.41 bits per heavy atom. The molecule has 2 fully saturated rings. The summed E-state index contributed by atoms with van der Waals surface area (Å²) in [6, 6.07) is 4.57. The first-order valence-electron chi connectivity index (χ1n) is 10.0. The highest BCUT2D eigenvalue weighted by atomic mass is 32.2. The molecule has 2 heterocycles. The summed E-state index contributed by atoms with van der Waals surface area (Å²) in [5.41, 5.74) is 0.848. The molecule has 2 aliphatic rings. The number of piperidine rings is 1. The number of nitrogens with zero attached hydrogens (tertiary/aromatic N) is 2. The van der Waals surface area contributed by atoms with Crippen LogP contribution in [0.25, 0.3) is 0 Å². The molecule has 2 unspecified atom stereocenters. The van der Waals surface area contributed by atoms with E-state index in [0.717, 1.165) is 25.0 Å². The van der Waals surface area contributed by atoms with Crippen molar-refractivity contribution in [2.24, 2.45) is 0 Å². The van der Waals surface area contributed by atoms with Gasteiger partial charge in [-0.15, -0.1) is 11.8 Å². The van der Waals surface area contributed by atoms with Gasteiger partial charge in [0.1, 0.15) is 0 Å². The molecule has 1 aromatic rings. The van der Waals surface area contributed by atoms with Crippen molar-refractivity contribution in [2.75, 3.05) is 18.8 Å². The van der Waals surface area contributed by atoms with Gasteiger partial charge in [-0.2, -0.15) is 0 Å². The summed E-state index contributed by atoms with van der Waals surface area (Å²) in [5, 5.41) is 17.7. The maximum absolute atomic E-state index is 12.8. The van der Waals surface area contributed by atoms with Crippen LogP contribution in [-0.2, 0) is 4.79 Å². The van der Waals surface area contributed by atoms with Crippen LogP contribution in [-0.4, -0.2) is 57.4 Å². The molecule has 1 aromatic carbocycles. The molecule has 158 valence electrons. The lowest BCUT2D eigenvalue weighted by molar-refractivity contribution is -0.385. The lowest BCUT2D eigenvalue weighted by Gasteiger charge is -2.39. The first-order valence-corrected chi connectivity index (χ1v) is 11.0. The minimum Gasteiger partial charge on any atom is -0.352 e. The van der Waals surface area contributed by atoms with Crippen molar-refractivity contribution in [3.8, 4) is 0 Å². The van der Waals surface area contributed by atoms with Crippen molar-refractivity contribution in [1.82, 2.24) is 15.5 Å². The summed E-state index contributed by atoms with van der Waals surface area (Å²) in [5.74, 6) is 0.576. The van der Waals surface area contributed by atoms with Crippen LogP contribution < -0.4 is 10.6 Å². The Morgan fingerprint density at radius 2 is 2.10 bits per heavy atom. The molecule has 2 saturated heterocycles. The molecular weight excluding hydrogens is 392 g/mol. The molecule has 1 spiro atoms. The van der Waals surface area contributed by atoms with Crippen LogP contribution in [0.2, 0.25) is 0 Å². The van der Waals surface area contributed by atoms with E-state index >= 15 is 0 Å². The fraction of sp³-hybridized carbons (Fsp3) is 0.600. The van der Waals surface area contributed by atoms with Crippen LogP contribution in [0.3, 0.4) is 0 Å². The normalized spacial score (nSPS) is 21.8. The van der Waals surface area contributed by atoms with Crippen LogP contribution in [0.4, 0.5) is 5.69 Å². The molecular formula is C20H28N4O4S. The van der Waals surface area contributed by atoms with E-state index in [0.29, 0.717) is 24.2 Å². The molecule has 0 radical (unpaired) electrons. The van der Waals surface area contributed by atoms with E-state index in [2.05, 4.69) is 10.6 Å². The number of likely N-dealkylation sites (tertiary alicyclic amines) is 1. The van der Waals surface area contributed by atoms with E-state index in [-0.39, 0.29) is 34.5 Å². The van der Waals surface area contributed by atoms with E-state index in [4.69, 9.17) is 0 Å². The highest BCUT2D eigenvalue weighted by Crippen LogP contribution is 2.39. The number of amides is 2. The van der Waals surface area contributed by atoms with Gasteiger partial charge >= 0.3 is 0 Å². The number of carbonyl (C=O) groups excluding carboxylic acids is 2. The number of nitrogens with one attached hydrogen (secondary N) is 2. The zero-order valence-corrected chi connectivity index (χ0v) is 17.9. The van der Waals surface area contributed by atoms with Crippen molar-refractivity contribution in [3.63, 3.8) is 0 Å². The summed E-state index contributed by atoms with van der Waals surface area (Å²) < 4.78 is 0. The maximum atomic E-state index is 12.8. The third-order valence-electron chi connectivity index (χ3n) is 5.79. The van der Waals surface area contributed by atoms with Gasteiger partial charge in [0.2, 0.25) is 5.91 Å². The van der Waals surface area contributed by atoms with Crippen molar-refractivity contribution >= 4 is 29.3 Å². The molecule has 2 N–H and O–H groups in total. The average molecular weight is 421 g/mol. The molecule has 2 aliphatic heterocycles. The monoisotopic (exact) mass is 420 g/mol. The Hall–Kier alpha value is -2.13. The number of hydrogen-bond acceptors (Lipinski definition) is 6. The van der Waals surface area contributed by atoms with Gasteiger partial charge in [0.05, 0.1) is 15.8 Å². The maximum Gasteiger partial charge on any atom is 0.273 e. The molecule has 0 aliphatic carbocycles. The second-order valence-electron chi connectivity index (χ2n) is 7.87. The number of thioether (sulfide) groups is 1. The number of hydrogen-bond donors (Lipinski definition) is 2. The zero-order valence-electron chi connectivity index (χ0n) is 17.1. The van der Waals surface area contributed by atoms with E-state index in [9.17, 15) is 19.7 Å². The molecule has 2 amide bonds. The Morgan fingerprint density at radius 3 is 2.72 bits per heavy atom. The smallest absolute Gasteiger partial charge is 0.273 e. The first kappa shape index (κ1) is 21.6. The van der Waals surface area contributed by atoms with Crippen LogP contribution in [0.15, 0.2) is 18.2 Å². The van der Waals surface area contributed by atoms with Gasteiger partial charge in [-0.25, -0.2) is 0 Å². The van der Waals surface area contributed by atoms with Gasteiger partial charge < -0.3 is 10.2 Å². The topological polar surface area (TPSA) is 105 Å². The highest BCUT2D eigenvalue weighted by Gasteiger charge is 2.44. The van der Waals surface area contributed by atoms with Gasteiger partial charge in [-0.05, 0) is 39.2 Å². The van der Waals surface area contributed by atoms with E-state index in [1.807, 2.05) is 13.8 Å². The predicted octanol–water partition coefficient (Wildman–Crippen LogP) is 2.46. The van der Waals surface area contributed by atoms with Crippen LogP contribution in [0, 0.1) is 17.0 Å². The van der Waals surface area contributed by atoms with Crippen molar-refractivity contribution in [1.29, 1.82) is 0 Å². The highest BCUT2D eigenvalue weighted by molar-refractivity contribution is 8.01. The Labute approximate surface area is 174 Å². The van der Waals surface area contributed by atoms with Gasteiger partial charge in [-0.1, -0.05) is 13.0 Å². The molecule has 9 heteroatoms. The summed E-state index contributed by atoms with van der Waals surface area (Å²) >= 11 is 1.76. The van der Waals surface area contributed by atoms with Crippen LogP contribution in [0.5, 0.6) is 0 Å². The standard InChI is InChI=1S/C20H28N4O4S/c1-4-14(3)21-18(25)16-12-29-20(22-16)7-9-23(10-8-20)19(26)15-6-5-13(2)17(11-15)24(27)28/h5-6,11,14,16,22H,4,7-10,12H2,1-3H3,(H,21,25). The van der Waals surface area contributed by atoms with Gasteiger partial charge in [-0.3, -0.25) is 25.0 Å². The Kier molecular flexibility index (Phi) is 6.48. The number of nitro benzene ring substituents is 1. The largest absolute Gasteiger partial charge is 0.352 e. The van der Waals surface area contributed by atoms with Gasteiger partial charge in [0, 0.05) is 42.1 Å². The third kappa shape index (κ3) is 4.72. The fourth-order valence-electron chi connectivity index (χ4n) is 3.71. The Bertz CT molecular complexity index is 808. The Balaban J connectivity index is 1.59. The van der Waals surface area contributed by atoms with E-state index < -0.39 is 4.92 Å². The number of aryl methyl sites for hydroxylation is 1. The van der Waals surface area contributed by atoms with Crippen molar-refractivity contribution in [3.05, 3.63) is 39.4 Å². The summed E-state index contributed by atoms with van der Waals surface area (Å²) in [4.78, 5) is 37.5. The SMILES string of the molecule is CCC(C)NC(=O)C1CSC2(CCN(C(=O)c3ccc(C)c([N+](=O)[O-])c3)CC2)N1. The number of benzene rings is 1. The minimum atomic E-state index is -0.457. The van der Waals surface area contributed by atoms with E-state index in [1.54, 1.807) is 35.7 Å². The first-order chi connectivity index (χ1) is 13.7. The second-order valence-corrected chi connectivity index (χ2v) is 9.27. The summed E-state index contributed by atoms with van der Waals surface area (Å²) in [7, 11) is 0. The number of nitro groups is 1. The quantitative estimate of drug-likeness (QED) is 0.560. The van der Waals surface area contributed by atoms with Crippen LogP contribution in [0.1, 0.15) is 49.0 Å². The predicted molar refractivity (Wildman–Crippen MR) is 113 cm³/mol. The van der Waals surface area contributed by atoms with Crippen LogP contribution >= 0.6 is 11.8 Å². The molecule has 29 heavy (non-hydrogen) atoms. The number of carbonyl (C=O) groups is 2. The summed E-state index contributed by atoms with van der Waals surface area (Å²) in [6.07, 6.45) is 2.37.